The fourth-order valence-electron chi connectivity index (χ4n) is 0.888. The van der Waals surface area contributed by atoms with Crippen LogP contribution in [-0.4, -0.2) is 19.3 Å². The van der Waals surface area contributed by atoms with Gasteiger partial charge < -0.3 is 15.2 Å². The van der Waals surface area contributed by atoms with Crippen LogP contribution in [0.25, 0.3) is 0 Å². The van der Waals surface area contributed by atoms with Crippen LogP contribution < -0.4 is 15.2 Å². The van der Waals surface area contributed by atoms with Gasteiger partial charge in [-0.05, 0) is 12.1 Å². The van der Waals surface area contributed by atoms with Crippen molar-refractivity contribution in [2.75, 3.05) is 12.8 Å². The maximum Gasteiger partial charge on any atom is 0.491 e. The van der Waals surface area contributed by atoms with E-state index >= 15 is 0 Å². The average molecular weight is 235 g/mol. The molecule has 1 aromatic carbocycles. The fourth-order valence-corrected chi connectivity index (χ4v) is 0.888. The average Bonchev–Trinajstić information content (AvgIpc) is 2.19. The van der Waals surface area contributed by atoms with Crippen LogP contribution in [0.4, 0.5) is 18.9 Å². The van der Waals surface area contributed by atoms with E-state index in [2.05, 4.69) is 4.74 Å². The van der Waals surface area contributed by atoms with Crippen molar-refractivity contribution < 1.29 is 27.4 Å². The molecular weight excluding hydrogens is 227 g/mol. The number of anilines is 1. The second kappa shape index (κ2) is 4.30. The zero-order valence-electron chi connectivity index (χ0n) is 8.17. The molecule has 4 nitrogen and oxygen atoms in total. The van der Waals surface area contributed by atoms with Gasteiger partial charge in [-0.2, -0.15) is 13.2 Å². The van der Waals surface area contributed by atoms with Crippen molar-refractivity contribution in [1.82, 2.24) is 0 Å². The predicted molar refractivity (Wildman–Crippen MR) is 49.1 cm³/mol. The number of nitrogens with two attached hydrogens (primary N) is 1. The number of alkyl halides is 3. The van der Waals surface area contributed by atoms with Crippen LogP contribution in [0, 0.1) is 0 Å². The summed E-state index contributed by atoms with van der Waals surface area (Å²) in [6.07, 6.45) is -5.06. The third-order valence-corrected chi connectivity index (χ3v) is 1.65. The summed E-state index contributed by atoms with van der Waals surface area (Å²) in [6.45, 7) is 0. The quantitative estimate of drug-likeness (QED) is 0.482. The summed E-state index contributed by atoms with van der Waals surface area (Å²) in [7, 11) is 1.32. The number of nitrogen functional groups attached to an aromatic ring is 1. The second-order valence-corrected chi connectivity index (χ2v) is 2.79. The highest BCUT2D eigenvalue weighted by Crippen LogP contribution is 2.28. The van der Waals surface area contributed by atoms with E-state index in [1.165, 1.54) is 19.2 Å². The zero-order chi connectivity index (χ0) is 12.3. The van der Waals surface area contributed by atoms with Gasteiger partial charge in [0.25, 0.3) is 0 Å². The van der Waals surface area contributed by atoms with Gasteiger partial charge in [0, 0.05) is 6.07 Å². The maximum atomic E-state index is 11.9. The van der Waals surface area contributed by atoms with E-state index in [1.807, 2.05) is 0 Å². The normalized spacial score (nSPS) is 11.0. The van der Waals surface area contributed by atoms with E-state index in [9.17, 15) is 18.0 Å². The predicted octanol–water partition coefficient (Wildman–Crippen LogP) is 1.75. The van der Waals surface area contributed by atoms with Crippen LogP contribution >= 0.6 is 0 Å². The summed E-state index contributed by atoms with van der Waals surface area (Å²) in [5.74, 6) is -2.48. The smallest absolute Gasteiger partial charge is 0.491 e. The lowest BCUT2D eigenvalue weighted by molar-refractivity contribution is -0.189. The molecule has 0 amide bonds. The molecule has 0 spiro atoms. The summed E-state index contributed by atoms with van der Waals surface area (Å²) in [4.78, 5) is 10.5. The summed E-state index contributed by atoms with van der Waals surface area (Å²) in [5.41, 5.74) is 5.25. The van der Waals surface area contributed by atoms with Crippen molar-refractivity contribution in [2.45, 2.75) is 6.18 Å². The first-order valence-electron chi connectivity index (χ1n) is 4.07. The number of rotatable bonds is 2. The molecule has 0 aliphatic heterocycles. The first-order valence-corrected chi connectivity index (χ1v) is 4.07. The molecule has 2 N–H and O–H groups in total. The van der Waals surface area contributed by atoms with Gasteiger partial charge in [-0.15, -0.1) is 0 Å². The molecule has 0 heterocycles. The van der Waals surface area contributed by atoms with E-state index in [0.717, 1.165) is 6.07 Å². The van der Waals surface area contributed by atoms with Crippen molar-refractivity contribution in [2.24, 2.45) is 0 Å². The number of carbonyl (C=O) groups excluding carboxylic acids is 1. The number of hydrogen-bond acceptors (Lipinski definition) is 4. The van der Waals surface area contributed by atoms with E-state index < -0.39 is 12.1 Å². The van der Waals surface area contributed by atoms with Crippen LogP contribution in [-0.2, 0) is 4.79 Å². The molecule has 88 valence electrons. The summed E-state index contributed by atoms with van der Waals surface area (Å²) in [5, 5.41) is 0. The second-order valence-electron chi connectivity index (χ2n) is 2.79. The minimum absolute atomic E-state index is 0.0848. The van der Waals surface area contributed by atoms with Crippen molar-refractivity contribution in [3.8, 4) is 11.5 Å². The first-order chi connectivity index (χ1) is 7.34. The molecule has 0 radical (unpaired) electrons. The molecule has 0 bridgehead atoms. The van der Waals surface area contributed by atoms with Crippen LogP contribution in [0.5, 0.6) is 11.5 Å². The highest BCUT2D eigenvalue weighted by atomic mass is 19.4. The monoisotopic (exact) mass is 235 g/mol. The lowest BCUT2D eigenvalue weighted by Crippen LogP contribution is -2.28. The molecule has 0 aliphatic rings. The largest absolute Gasteiger partial charge is 0.497 e. The van der Waals surface area contributed by atoms with E-state index in [4.69, 9.17) is 10.5 Å². The topological polar surface area (TPSA) is 61.6 Å². The molecule has 0 fully saturated rings. The SMILES string of the molecule is COc1ccc(N)c(OC(=O)C(F)(F)F)c1. The first kappa shape index (κ1) is 12.2. The van der Waals surface area contributed by atoms with E-state index in [0.29, 0.717) is 0 Å². The minimum atomic E-state index is -5.06. The Balaban J connectivity index is 2.92. The van der Waals surface area contributed by atoms with Gasteiger partial charge in [0.15, 0.2) is 5.75 Å². The number of benzene rings is 1. The van der Waals surface area contributed by atoms with Gasteiger partial charge in [0.2, 0.25) is 0 Å². The molecule has 0 saturated carbocycles. The molecular formula is C9H8F3NO3. The standard InChI is InChI=1S/C9H8F3NO3/c1-15-5-2-3-6(13)7(4-5)16-8(14)9(10,11)12/h2-4H,13H2,1H3. The Bertz CT molecular complexity index is 403. The number of methoxy groups -OCH3 is 1. The number of ether oxygens (including phenoxy) is 2. The van der Waals surface area contributed by atoms with Crippen LogP contribution in [0.1, 0.15) is 0 Å². The number of halogens is 3. The van der Waals surface area contributed by atoms with Gasteiger partial charge in [0.05, 0.1) is 12.8 Å². The van der Waals surface area contributed by atoms with Crippen molar-refractivity contribution >= 4 is 11.7 Å². The number of hydrogen-bond donors (Lipinski definition) is 1. The molecule has 16 heavy (non-hydrogen) atoms. The van der Waals surface area contributed by atoms with Gasteiger partial charge in [-0.3, -0.25) is 0 Å². The summed E-state index contributed by atoms with van der Waals surface area (Å²) >= 11 is 0. The lowest BCUT2D eigenvalue weighted by Gasteiger charge is -2.10. The van der Waals surface area contributed by atoms with Gasteiger partial charge in [-0.1, -0.05) is 0 Å². The molecule has 7 heteroatoms. The third-order valence-electron chi connectivity index (χ3n) is 1.65. The van der Waals surface area contributed by atoms with Gasteiger partial charge >= 0.3 is 12.1 Å². The van der Waals surface area contributed by atoms with Crippen molar-refractivity contribution in [1.29, 1.82) is 0 Å². The summed E-state index contributed by atoms with van der Waals surface area (Å²) in [6, 6.07) is 3.80. The Morgan fingerprint density at radius 3 is 2.50 bits per heavy atom. The zero-order valence-corrected chi connectivity index (χ0v) is 8.17. The van der Waals surface area contributed by atoms with E-state index in [1.54, 1.807) is 0 Å². The van der Waals surface area contributed by atoms with Crippen LogP contribution in [0.2, 0.25) is 0 Å². The fraction of sp³-hybridized carbons (Fsp3) is 0.222. The highest BCUT2D eigenvalue weighted by molar-refractivity contribution is 5.79. The molecule has 0 atom stereocenters. The molecule has 0 unspecified atom stereocenters. The Morgan fingerprint density at radius 1 is 1.38 bits per heavy atom. The highest BCUT2D eigenvalue weighted by Gasteiger charge is 2.41. The molecule has 1 rings (SSSR count). The number of esters is 1. The van der Waals surface area contributed by atoms with Gasteiger partial charge in [0.1, 0.15) is 5.75 Å². The van der Waals surface area contributed by atoms with Crippen LogP contribution in [0.15, 0.2) is 18.2 Å². The third kappa shape index (κ3) is 2.78. The Kier molecular flexibility index (Phi) is 3.26. The molecule has 0 aromatic heterocycles. The molecule has 1 aromatic rings. The minimum Gasteiger partial charge on any atom is -0.497 e. The Hall–Kier alpha value is -1.92. The van der Waals surface area contributed by atoms with Crippen molar-refractivity contribution in [3.05, 3.63) is 18.2 Å². The Morgan fingerprint density at radius 2 is 2.00 bits per heavy atom. The number of carbonyl (C=O) groups is 1. The molecule has 0 saturated heterocycles. The Labute approximate surface area is 88.8 Å². The molecule has 0 aliphatic carbocycles. The summed E-state index contributed by atoms with van der Waals surface area (Å²) < 4.78 is 44.5. The van der Waals surface area contributed by atoms with Crippen molar-refractivity contribution in [3.63, 3.8) is 0 Å². The van der Waals surface area contributed by atoms with Crippen LogP contribution in [0.3, 0.4) is 0 Å². The lowest BCUT2D eigenvalue weighted by atomic mass is 10.3. The van der Waals surface area contributed by atoms with Gasteiger partial charge in [-0.25, -0.2) is 4.79 Å². The maximum absolute atomic E-state index is 11.9. The van der Waals surface area contributed by atoms with E-state index in [-0.39, 0.29) is 17.2 Å².